The van der Waals surface area contributed by atoms with E-state index in [4.69, 9.17) is 15.9 Å². The van der Waals surface area contributed by atoms with E-state index in [0.717, 1.165) is 13.8 Å². The summed E-state index contributed by atoms with van der Waals surface area (Å²) in [7, 11) is 0. The molecule has 0 fully saturated rings. The average molecular weight is 438 g/mol. The largest absolute Gasteiger partial charge is 0.481 e. The van der Waals surface area contributed by atoms with Gasteiger partial charge < -0.3 is 42.1 Å². The number of aliphatic hydroxyl groups excluding tert-OH is 2. The molecule has 0 aliphatic carbocycles. The SMILES string of the molecule is CC(O)C(NC(=O)C(N)CC(=O)O)C(=O)NC(C(=O)NC(CS)C(=O)O)C(C)O. The van der Waals surface area contributed by atoms with E-state index in [1.165, 1.54) is 0 Å². The Morgan fingerprint density at radius 1 is 0.862 bits per heavy atom. The Bertz CT molecular complexity index is 629. The number of thiol groups is 1. The maximum Gasteiger partial charge on any atom is 0.327 e. The Morgan fingerprint density at radius 2 is 1.28 bits per heavy atom. The Hall–Kier alpha value is -2.42. The minimum Gasteiger partial charge on any atom is -0.481 e. The first-order chi connectivity index (χ1) is 13.3. The topological polar surface area (TPSA) is 228 Å². The van der Waals surface area contributed by atoms with Crippen LogP contribution in [0.5, 0.6) is 0 Å². The molecule has 3 amide bonds. The van der Waals surface area contributed by atoms with Gasteiger partial charge in [-0.1, -0.05) is 0 Å². The van der Waals surface area contributed by atoms with Gasteiger partial charge in [0.2, 0.25) is 17.7 Å². The van der Waals surface area contributed by atoms with E-state index in [9.17, 15) is 34.2 Å². The van der Waals surface area contributed by atoms with Crippen molar-refractivity contribution in [2.45, 2.75) is 56.6 Å². The van der Waals surface area contributed by atoms with Crippen LogP contribution in [0.15, 0.2) is 0 Å². The molecule has 0 rings (SSSR count). The number of rotatable bonds is 12. The smallest absolute Gasteiger partial charge is 0.327 e. The van der Waals surface area contributed by atoms with Crippen LogP contribution in [0.25, 0.3) is 0 Å². The van der Waals surface area contributed by atoms with Gasteiger partial charge >= 0.3 is 11.9 Å². The van der Waals surface area contributed by atoms with Crippen molar-refractivity contribution in [3.05, 3.63) is 0 Å². The van der Waals surface area contributed by atoms with E-state index in [1.807, 2.05) is 0 Å². The molecule has 6 unspecified atom stereocenters. The third kappa shape index (κ3) is 9.08. The average Bonchev–Trinajstić information content (AvgIpc) is 2.59. The second-order valence-electron chi connectivity index (χ2n) is 6.24. The van der Waals surface area contributed by atoms with Gasteiger partial charge in [0.25, 0.3) is 0 Å². The zero-order valence-corrected chi connectivity index (χ0v) is 16.6. The van der Waals surface area contributed by atoms with E-state index < -0.39 is 72.5 Å². The van der Waals surface area contributed by atoms with Crippen LogP contribution in [0.1, 0.15) is 20.3 Å². The van der Waals surface area contributed by atoms with E-state index in [0.29, 0.717) is 0 Å². The van der Waals surface area contributed by atoms with Crippen LogP contribution in [0.2, 0.25) is 0 Å². The van der Waals surface area contributed by atoms with Crippen molar-refractivity contribution in [1.82, 2.24) is 16.0 Å². The molecule has 0 saturated carbocycles. The van der Waals surface area contributed by atoms with Gasteiger partial charge in [0.05, 0.1) is 24.7 Å². The summed E-state index contributed by atoms with van der Waals surface area (Å²) in [6, 6.07) is -6.12. The number of hydrogen-bond donors (Lipinski definition) is 9. The number of carbonyl (C=O) groups excluding carboxylic acids is 3. The summed E-state index contributed by atoms with van der Waals surface area (Å²) in [6.07, 6.45) is -3.66. The summed E-state index contributed by atoms with van der Waals surface area (Å²) >= 11 is 3.78. The predicted octanol–water partition coefficient (Wildman–Crippen LogP) is -3.98. The summed E-state index contributed by atoms with van der Waals surface area (Å²) < 4.78 is 0. The van der Waals surface area contributed by atoms with Gasteiger partial charge in [-0.15, -0.1) is 0 Å². The molecular weight excluding hydrogens is 412 g/mol. The van der Waals surface area contributed by atoms with Crippen molar-refractivity contribution in [2.24, 2.45) is 5.73 Å². The number of amides is 3. The van der Waals surface area contributed by atoms with Crippen molar-refractivity contribution in [3.63, 3.8) is 0 Å². The lowest BCUT2D eigenvalue weighted by Crippen LogP contribution is -2.62. The number of carboxylic acid groups (broad SMARTS) is 2. The summed E-state index contributed by atoms with van der Waals surface area (Å²) in [5.41, 5.74) is 5.39. The van der Waals surface area contributed by atoms with Crippen LogP contribution < -0.4 is 21.7 Å². The fourth-order valence-electron chi connectivity index (χ4n) is 2.04. The molecule has 166 valence electrons. The number of carbonyl (C=O) groups is 5. The molecule has 0 saturated heterocycles. The first kappa shape index (κ1) is 26.6. The van der Waals surface area contributed by atoms with E-state index in [-0.39, 0.29) is 5.75 Å². The highest BCUT2D eigenvalue weighted by atomic mass is 32.1. The molecule has 0 aliphatic heterocycles. The van der Waals surface area contributed by atoms with Crippen LogP contribution in [0.3, 0.4) is 0 Å². The van der Waals surface area contributed by atoms with Crippen molar-refractivity contribution in [3.8, 4) is 0 Å². The number of nitrogens with one attached hydrogen (secondary N) is 3. The van der Waals surface area contributed by atoms with Crippen molar-refractivity contribution >= 4 is 42.3 Å². The molecule has 0 spiro atoms. The quantitative estimate of drug-likeness (QED) is 0.134. The molecule has 0 heterocycles. The van der Waals surface area contributed by atoms with Gasteiger partial charge in [-0.05, 0) is 13.8 Å². The molecule has 0 aromatic rings. The zero-order chi connectivity index (χ0) is 22.9. The summed E-state index contributed by atoms with van der Waals surface area (Å²) in [5, 5.41) is 43.4. The number of nitrogens with two attached hydrogens (primary N) is 1. The molecule has 0 aromatic carbocycles. The van der Waals surface area contributed by atoms with Crippen molar-refractivity contribution < 1.29 is 44.4 Å². The van der Waals surface area contributed by atoms with Gasteiger partial charge in [0, 0.05) is 5.75 Å². The highest BCUT2D eigenvalue weighted by molar-refractivity contribution is 7.80. The molecule has 0 bridgehead atoms. The van der Waals surface area contributed by atoms with Crippen LogP contribution in [-0.2, 0) is 24.0 Å². The molecule has 9 N–H and O–H groups in total. The molecule has 14 heteroatoms. The second kappa shape index (κ2) is 12.2. The minimum atomic E-state index is -1.63. The fraction of sp³-hybridized carbons (Fsp3) is 0.667. The minimum absolute atomic E-state index is 0.255. The zero-order valence-electron chi connectivity index (χ0n) is 15.7. The molecule has 29 heavy (non-hydrogen) atoms. The molecular formula is C15H26N4O9S. The number of carboxylic acids is 2. The highest BCUT2D eigenvalue weighted by Gasteiger charge is 2.34. The molecule has 13 nitrogen and oxygen atoms in total. The molecule has 0 aromatic heterocycles. The van der Waals surface area contributed by atoms with Crippen LogP contribution in [0, 0.1) is 0 Å². The lowest BCUT2D eigenvalue weighted by Gasteiger charge is -2.27. The first-order valence-electron chi connectivity index (χ1n) is 8.40. The molecule has 0 radical (unpaired) electrons. The summed E-state index contributed by atoms with van der Waals surface area (Å²) in [6.45, 7) is 2.30. The lowest BCUT2D eigenvalue weighted by atomic mass is 10.1. The fourth-order valence-corrected chi connectivity index (χ4v) is 2.29. The van der Waals surface area contributed by atoms with E-state index in [2.05, 4.69) is 28.6 Å². The van der Waals surface area contributed by atoms with Gasteiger partial charge in [0.15, 0.2) is 0 Å². The van der Waals surface area contributed by atoms with Gasteiger partial charge in [-0.2, -0.15) is 12.6 Å². The second-order valence-corrected chi connectivity index (χ2v) is 6.61. The Labute approximate surface area is 171 Å². The Morgan fingerprint density at radius 3 is 1.62 bits per heavy atom. The Balaban J connectivity index is 5.28. The lowest BCUT2D eigenvalue weighted by molar-refractivity contribution is -0.142. The van der Waals surface area contributed by atoms with Gasteiger partial charge in [0.1, 0.15) is 18.1 Å². The normalized spacial score (nSPS) is 17.0. The van der Waals surface area contributed by atoms with Crippen LogP contribution in [0.4, 0.5) is 0 Å². The van der Waals surface area contributed by atoms with Crippen molar-refractivity contribution in [1.29, 1.82) is 0 Å². The summed E-state index contributed by atoms with van der Waals surface area (Å²) in [5.74, 6) is -6.15. The first-order valence-corrected chi connectivity index (χ1v) is 9.03. The standard InChI is InChI=1S/C15H26N4O9S/c1-5(20)10(13(25)17-8(4-29)15(27)28)19-14(26)11(6(2)21)18-12(24)7(16)3-9(22)23/h5-8,10-11,20-21,29H,3-4,16H2,1-2H3,(H,17,25)(H,18,24)(H,19,26)(H,22,23)(H,27,28). The van der Waals surface area contributed by atoms with Gasteiger partial charge in [-0.25, -0.2) is 4.79 Å². The third-order valence-corrected chi connectivity index (χ3v) is 4.02. The van der Waals surface area contributed by atoms with Gasteiger partial charge in [-0.3, -0.25) is 19.2 Å². The maximum absolute atomic E-state index is 12.4. The van der Waals surface area contributed by atoms with Crippen molar-refractivity contribution in [2.75, 3.05) is 5.75 Å². The predicted molar refractivity (Wildman–Crippen MR) is 101 cm³/mol. The number of aliphatic carboxylic acids is 2. The highest BCUT2D eigenvalue weighted by Crippen LogP contribution is 2.01. The number of aliphatic hydroxyl groups is 2. The molecule has 6 atom stereocenters. The Kier molecular flexibility index (Phi) is 11.2. The van der Waals surface area contributed by atoms with E-state index in [1.54, 1.807) is 0 Å². The van der Waals surface area contributed by atoms with Crippen LogP contribution in [-0.4, -0.2) is 92.2 Å². The molecule has 0 aliphatic rings. The van der Waals surface area contributed by atoms with Crippen LogP contribution >= 0.6 is 12.6 Å². The summed E-state index contributed by atoms with van der Waals surface area (Å²) in [4.78, 5) is 58.2. The third-order valence-electron chi connectivity index (χ3n) is 3.65. The van der Waals surface area contributed by atoms with E-state index >= 15 is 0 Å². The monoisotopic (exact) mass is 438 g/mol. The maximum atomic E-state index is 12.4. The number of hydrogen-bond acceptors (Lipinski definition) is 9.